The van der Waals surface area contributed by atoms with E-state index in [1.54, 1.807) is 18.2 Å². The molecular formula is C9H9BrF3NO2. The van der Waals surface area contributed by atoms with Crippen LogP contribution in [0.1, 0.15) is 0 Å². The summed E-state index contributed by atoms with van der Waals surface area (Å²) in [6, 6.07) is 4.84. The lowest BCUT2D eigenvalue weighted by molar-refractivity contribution is -0.325. The summed E-state index contributed by atoms with van der Waals surface area (Å²) in [4.78, 5) is 0. The van der Waals surface area contributed by atoms with Crippen molar-refractivity contribution in [1.29, 1.82) is 0 Å². The molecule has 90 valence electrons. The van der Waals surface area contributed by atoms with Gasteiger partial charge in [-0.25, -0.2) is 0 Å². The molecule has 0 radical (unpaired) electrons. The van der Waals surface area contributed by atoms with E-state index in [2.05, 4.69) is 20.7 Å². The van der Waals surface area contributed by atoms with E-state index < -0.39 is 13.0 Å². The van der Waals surface area contributed by atoms with Gasteiger partial charge in [-0.3, -0.25) is 4.74 Å². The van der Waals surface area contributed by atoms with E-state index in [1.165, 1.54) is 0 Å². The van der Waals surface area contributed by atoms with Crippen molar-refractivity contribution < 1.29 is 22.6 Å². The smallest absolute Gasteiger partial charge is 0.489 e. The van der Waals surface area contributed by atoms with Gasteiger partial charge in [0.15, 0.2) is 0 Å². The van der Waals surface area contributed by atoms with Crippen LogP contribution in [0.25, 0.3) is 0 Å². The molecule has 1 aromatic rings. The second kappa shape index (κ2) is 5.40. The molecule has 0 spiro atoms. The molecule has 0 unspecified atom stereocenters. The zero-order chi connectivity index (χ0) is 12.2. The molecule has 0 fully saturated rings. The van der Waals surface area contributed by atoms with E-state index in [0.717, 1.165) is 4.47 Å². The summed E-state index contributed by atoms with van der Waals surface area (Å²) in [5.41, 5.74) is 5.92. The van der Waals surface area contributed by atoms with Gasteiger partial charge in [0.25, 0.3) is 0 Å². The predicted molar refractivity (Wildman–Crippen MR) is 56.1 cm³/mol. The summed E-state index contributed by atoms with van der Waals surface area (Å²) in [6.45, 7) is -0.787. The van der Waals surface area contributed by atoms with Crippen molar-refractivity contribution in [2.24, 2.45) is 0 Å². The monoisotopic (exact) mass is 299 g/mol. The van der Waals surface area contributed by atoms with Crippen LogP contribution in [0, 0.1) is 0 Å². The third-order valence-corrected chi connectivity index (χ3v) is 2.07. The maximum absolute atomic E-state index is 11.6. The average molecular weight is 300 g/mol. The maximum Gasteiger partial charge on any atom is 0.522 e. The number of ether oxygens (including phenoxy) is 2. The second-order valence-corrected chi connectivity index (χ2v) is 3.74. The largest absolute Gasteiger partial charge is 0.522 e. The Kier molecular flexibility index (Phi) is 4.43. The highest BCUT2D eigenvalue weighted by Crippen LogP contribution is 2.25. The molecule has 0 saturated heterocycles. The quantitative estimate of drug-likeness (QED) is 0.687. The van der Waals surface area contributed by atoms with Crippen molar-refractivity contribution in [2.45, 2.75) is 6.36 Å². The van der Waals surface area contributed by atoms with E-state index >= 15 is 0 Å². The Bertz CT molecular complexity index is 357. The van der Waals surface area contributed by atoms with Gasteiger partial charge in [0.05, 0.1) is 12.3 Å². The third-order valence-electron chi connectivity index (χ3n) is 1.58. The Morgan fingerprint density at radius 1 is 1.25 bits per heavy atom. The first-order valence-electron chi connectivity index (χ1n) is 4.27. The number of rotatable bonds is 4. The van der Waals surface area contributed by atoms with Crippen LogP contribution in [0.4, 0.5) is 18.9 Å². The van der Waals surface area contributed by atoms with Crippen LogP contribution in [0.2, 0.25) is 0 Å². The third kappa shape index (κ3) is 4.71. The predicted octanol–water partition coefficient (Wildman–Crippen LogP) is 2.95. The zero-order valence-corrected chi connectivity index (χ0v) is 9.64. The molecule has 7 heteroatoms. The van der Waals surface area contributed by atoms with Crippen molar-refractivity contribution in [3.05, 3.63) is 22.7 Å². The first-order chi connectivity index (χ1) is 7.38. The van der Waals surface area contributed by atoms with Gasteiger partial charge >= 0.3 is 6.36 Å². The van der Waals surface area contributed by atoms with E-state index in [0.29, 0.717) is 11.4 Å². The van der Waals surface area contributed by atoms with Gasteiger partial charge in [-0.2, -0.15) is 0 Å². The molecule has 1 rings (SSSR count). The number of alkyl halides is 3. The normalized spacial score (nSPS) is 11.5. The van der Waals surface area contributed by atoms with Crippen LogP contribution in [0.5, 0.6) is 5.75 Å². The number of anilines is 1. The van der Waals surface area contributed by atoms with Gasteiger partial charge in [0.2, 0.25) is 0 Å². The Morgan fingerprint density at radius 2 is 1.94 bits per heavy atom. The highest BCUT2D eigenvalue weighted by molar-refractivity contribution is 9.10. The topological polar surface area (TPSA) is 44.5 Å². The number of nitrogen functional groups attached to an aromatic ring is 1. The SMILES string of the molecule is Nc1cc(Br)ccc1OCCOC(F)(F)F. The van der Waals surface area contributed by atoms with Crippen LogP contribution < -0.4 is 10.5 Å². The highest BCUT2D eigenvalue weighted by atomic mass is 79.9. The van der Waals surface area contributed by atoms with Gasteiger partial charge in [0.1, 0.15) is 12.4 Å². The van der Waals surface area contributed by atoms with Crippen LogP contribution in [-0.4, -0.2) is 19.6 Å². The molecule has 0 atom stereocenters. The Balaban J connectivity index is 2.38. The number of nitrogens with two attached hydrogens (primary N) is 1. The van der Waals surface area contributed by atoms with Crippen LogP contribution in [0.15, 0.2) is 22.7 Å². The maximum atomic E-state index is 11.6. The molecule has 0 amide bonds. The minimum Gasteiger partial charge on any atom is -0.489 e. The molecule has 0 aliphatic carbocycles. The molecule has 2 N–H and O–H groups in total. The van der Waals surface area contributed by atoms with Gasteiger partial charge in [-0.1, -0.05) is 15.9 Å². The lowest BCUT2D eigenvalue weighted by atomic mass is 10.3. The molecule has 16 heavy (non-hydrogen) atoms. The first kappa shape index (κ1) is 13.1. The molecule has 0 aliphatic rings. The molecule has 0 heterocycles. The number of halogens is 4. The van der Waals surface area contributed by atoms with E-state index in [1.807, 2.05) is 0 Å². The number of hydrogen-bond donors (Lipinski definition) is 1. The van der Waals surface area contributed by atoms with Crippen molar-refractivity contribution in [2.75, 3.05) is 18.9 Å². The van der Waals surface area contributed by atoms with E-state index in [4.69, 9.17) is 10.5 Å². The summed E-state index contributed by atoms with van der Waals surface area (Å²) in [6.07, 6.45) is -4.63. The van der Waals surface area contributed by atoms with Gasteiger partial charge in [-0.15, -0.1) is 13.2 Å². The molecular weight excluding hydrogens is 291 g/mol. The Morgan fingerprint density at radius 3 is 2.50 bits per heavy atom. The van der Waals surface area contributed by atoms with Crippen LogP contribution >= 0.6 is 15.9 Å². The summed E-state index contributed by atoms with van der Waals surface area (Å²) < 4.78 is 44.1. The standard InChI is InChI=1S/C9H9BrF3NO2/c10-6-1-2-8(7(14)5-6)15-3-4-16-9(11,12)13/h1-2,5H,3-4,14H2. The number of hydrogen-bond acceptors (Lipinski definition) is 3. The van der Waals surface area contributed by atoms with Crippen LogP contribution in [-0.2, 0) is 4.74 Å². The second-order valence-electron chi connectivity index (χ2n) is 2.82. The number of benzene rings is 1. The molecule has 0 aliphatic heterocycles. The Labute approximate surface area is 98.5 Å². The zero-order valence-electron chi connectivity index (χ0n) is 8.05. The van der Waals surface area contributed by atoms with Gasteiger partial charge in [-0.05, 0) is 18.2 Å². The summed E-state index contributed by atoms with van der Waals surface area (Å²) in [7, 11) is 0. The van der Waals surface area contributed by atoms with E-state index in [9.17, 15) is 13.2 Å². The first-order valence-corrected chi connectivity index (χ1v) is 5.06. The minimum absolute atomic E-state index is 0.217. The van der Waals surface area contributed by atoms with Crippen LogP contribution in [0.3, 0.4) is 0 Å². The summed E-state index contributed by atoms with van der Waals surface area (Å²) in [5.74, 6) is 0.328. The lowest BCUT2D eigenvalue weighted by Crippen LogP contribution is -2.18. The fourth-order valence-electron chi connectivity index (χ4n) is 0.960. The van der Waals surface area contributed by atoms with Crippen molar-refractivity contribution in [3.8, 4) is 5.75 Å². The lowest BCUT2D eigenvalue weighted by Gasteiger charge is -2.10. The molecule has 0 bridgehead atoms. The summed E-state index contributed by atoms with van der Waals surface area (Å²) >= 11 is 3.20. The van der Waals surface area contributed by atoms with E-state index in [-0.39, 0.29) is 6.61 Å². The van der Waals surface area contributed by atoms with Crippen molar-refractivity contribution in [1.82, 2.24) is 0 Å². The summed E-state index contributed by atoms with van der Waals surface area (Å²) in [5, 5.41) is 0. The average Bonchev–Trinajstić information content (AvgIpc) is 2.13. The Hall–Kier alpha value is -0.950. The van der Waals surface area contributed by atoms with Gasteiger partial charge < -0.3 is 10.5 Å². The molecule has 0 saturated carbocycles. The molecule has 1 aromatic carbocycles. The molecule has 0 aromatic heterocycles. The fourth-order valence-corrected chi connectivity index (χ4v) is 1.34. The van der Waals surface area contributed by atoms with Gasteiger partial charge in [0, 0.05) is 4.47 Å². The fraction of sp³-hybridized carbons (Fsp3) is 0.333. The van der Waals surface area contributed by atoms with Crippen molar-refractivity contribution in [3.63, 3.8) is 0 Å². The highest BCUT2D eigenvalue weighted by Gasteiger charge is 2.28. The minimum atomic E-state index is -4.63. The van der Waals surface area contributed by atoms with Crippen molar-refractivity contribution >= 4 is 21.6 Å². The molecule has 3 nitrogen and oxygen atoms in total.